The zero-order valence-corrected chi connectivity index (χ0v) is 19.8. The molecule has 8 heteroatoms. The van der Waals surface area contributed by atoms with Crippen molar-refractivity contribution in [3.63, 3.8) is 0 Å². The van der Waals surface area contributed by atoms with Gasteiger partial charge in [-0.15, -0.1) is 0 Å². The summed E-state index contributed by atoms with van der Waals surface area (Å²) in [7, 11) is 0. The summed E-state index contributed by atoms with van der Waals surface area (Å²) >= 11 is 6.32. The van der Waals surface area contributed by atoms with Gasteiger partial charge in [0.05, 0.1) is 11.3 Å². The lowest BCUT2D eigenvalue weighted by Gasteiger charge is -2.17. The smallest absolute Gasteiger partial charge is 0.335 e. The number of rotatable bonds is 7. The minimum Gasteiger partial charge on any atom is -0.488 e. The highest BCUT2D eigenvalue weighted by Crippen LogP contribution is 2.36. The average molecular weight is 493 g/mol. The Kier molecular flexibility index (Phi) is 6.89. The molecular weight excluding hydrogens is 471 g/mol. The summed E-state index contributed by atoms with van der Waals surface area (Å²) in [6, 6.07) is 19.7. The number of nitrogens with zero attached hydrogens (tertiary/aromatic N) is 1. The Hall–Kier alpha value is -4.10. The summed E-state index contributed by atoms with van der Waals surface area (Å²) < 4.78 is 21.2. The van der Waals surface area contributed by atoms with Crippen LogP contribution in [0.15, 0.2) is 72.8 Å². The second kappa shape index (κ2) is 10.0. The number of carboxylic acid groups (broad SMARTS) is 1. The van der Waals surface area contributed by atoms with Crippen LogP contribution in [0.1, 0.15) is 28.5 Å². The van der Waals surface area contributed by atoms with Crippen molar-refractivity contribution in [3.8, 4) is 22.7 Å². The second-order valence-electron chi connectivity index (χ2n) is 8.01. The summed E-state index contributed by atoms with van der Waals surface area (Å²) in [5.41, 5.74) is 3.99. The number of benzene rings is 3. The first-order chi connectivity index (χ1) is 16.7. The van der Waals surface area contributed by atoms with E-state index in [1.54, 1.807) is 36.4 Å². The number of aromatic nitrogens is 1. The van der Waals surface area contributed by atoms with Gasteiger partial charge in [0.1, 0.15) is 18.2 Å². The van der Waals surface area contributed by atoms with Crippen molar-refractivity contribution in [1.29, 1.82) is 0 Å². The van der Waals surface area contributed by atoms with Crippen LogP contribution < -0.4 is 10.1 Å². The van der Waals surface area contributed by atoms with Crippen molar-refractivity contribution in [2.75, 3.05) is 5.32 Å². The maximum absolute atomic E-state index is 13.2. The standard InChI is InChI=1S/C27H22ClFN2O4/c1-16-3-9-25(31(16)23-12-19(27(33)34)11-22(14-23)30-17(2)32)24-13-20(28)6-10-26(24)35-15-18-4-7-21(29)8-5-18/h3-14H,15H2,1-2H3,(H,30,32)(H,33,34). The molecule has 4 aromatic rings. The molecule has 1 heterocycles. The fourth-order valence-electron chi connectivity index (χ4n) is 3.80. The minimum atomic E-state index is -1.11. The van der Waals surface area contributed by atoms with Crippen LogP contribution in [0.2, 0.25) is 5.02 Å². The summed E-state index contributed by atoms with van der Waals surface area (Å²) in [6.07, 6.45) is 0. The summed E-state index contributed by atoms with van der Waals surface area (Å²) in [5.74, 6) is -1.20. The maximum atomic E-state index is 13.2. The van der Waals surface area contributed by atoms with Gasteiger partial charge in [0.15, 0.2) is 0 Å². The van der Waals surface area contributed by atoms with Gasteiger partial charge in [-0.05, 0) is 73.2 Å². The van der Waals surface area contributed by atoms with E-state index < -0.39 is 5.97 Å². The molecule has 1 amide bonds. The zero-order chi connectivity index (χ0) is 25.1. The maximum Gasteiger partial charge on any atom is 0.335 e. The van der Waals surface area contributed by atoms with E-state index in [2.05, 4.69) is 5.32 Å². The number of nitrogens with one attached hydrogen (secondary N) is 1. The number of hydrogen-bond donors (Lipinski definition) is 2. The Balaban J connectivity index is 1.79. The van der Waals surface area contributed by atoms with Crippen LogP contribution in [0.5, 0.6) is 5.75 Å². The molecule has 35 heavy (non-hydrogen) atoms. The van der Waals surface area contributed by atoms with Crippen molar-refractivity contribution < 1.29 is 23.8 Å². The summed E-state index contributed by atoms with van der Waals surface area (Å²) in [4.78, 5) is 23.4. The Labute approximate surface area is 206 Å². The highest BCUT2D eigenvalue weighted by Gasteiger charge is 2.17. The monoisotopic (exact) mass is 492 g/mol. The van der Waals surface area contributed by atoms with Crippen LogP contribution in [0.25, 0.3) is 16.9 Å². The highest BCUT2D eigenvalue weighted by molar-refractivity contribution is 6.31. The lowest BCUT2D eigenvalue weighted by Crippen LogP contribution is -2.09. The molecule has 0 aliphatic rings. The van der Waals surface area contributed by atoms with E-state index >= 15 is 0 Å². The van der Waals surface area contributed by atoms with Crippen LogP contribution in [-0.4, -0.2) is 21.6 Å². The van der Waals surface area contributed by atoms with Crippen molar-refractivity contribution in [3.05, 3.63) is 100 Å². The third kappa shape index (κ3) is 5.53. The molecule has 0 aliphatic heterocycles. The van der Waals surface area contributed by atoms with Gasteiger partial charge in [0, 0.05) is 34.6 Å². The Morgan fingerprint density at radius 1 is 1.03 bits per heavy atom. The number of anilines is 1. The predicted molar refractivity (Wildman–Crippen MR) is 133 cm³/mol. The van der Waals surface area contributed by atoms with E-state index in [4.69, 9.17) is 16.3 Å². The molecule has 0 atom stereocenters. The van der Waals surface area contributed by atoms with Gasteiger partial charge in [-0.1, -0.05) is 23.7 Å². The lowest BCUT2D eigenvalue weighted by molar-refractivity contribution is -0.114. The number of aryl methyl sites for hydroxylation is 1. The number of amides is 1. The molecule has 0 bridgehead atoms. The molecule has 4 rings (SSSR count). The zero-order valence-electron chi connectivity index (χ0n) is 19.0. The summed E-state index contributed by atoms with van der Waals surface area (Å²) in [5, 5.41) is 12.8. The van der Waals surface area contributed by atoms with Crippen molar-refractivity contribution >= 4 is 29.2 Å². The topological polar surface area (TPSA) is 80.6 Å². The summed E-state index contributed by atoms with van der Waals surface area (Å²) in [6.45, 7) is 3.46. The minimum absolute atomic E-state index is 0.0316. The SMILES string of the molecule is CC(=O)Nc1cc(C(=O)O)cc(-n2c(C)ccc2-c2cc(Cl)ccc2OCc2ccc(F)cc2)c1. The second-order valence-corrected chi connectivity index (χ2v) is 8.44. The normalized spacial score (nSPS) is 10.7. The molecule has 0 aliphatic carbocycles. The lowest BCUT2D eigenvalue weighted by atomic mass is 10.1. The molecule has 0 spiro atoms. The largest absolute Gasteiger partial charge is 0.488 e. The first kappa shape index (κ1) is 24.0. The average Bonchev–Trinajstić information content (AvgIpc) is 3.19. The van der Waals surface area contributed by atoms with Gasteiger partial charge in [0.25, 0.3) is 0 Å². The van der Waals surface area contributed by atoms with Gasteiger partial charge in [0.2, 0.25) is 5.91 Å². The first-order valence-corrected chi connectivity index (χ1v) is 11.1. The number of carboxylic acids is 1. The molecule has 0 saturated heterocycles. The van der Waals surface area contributed by atoms with E-state index in [1.165, 1.54) is 31.2 Å². The Morgan fingerprint density at radius 3 is 2.46 bits per heavy atom. The first-order valence-electron chi connectivity index (χ1n) is 10.7. The van der Waals surface area contributed by atoms with E-state index in [-0.39, 0.29) is 23.9 Å². The predicted octanol–water partition coefficient (Wildman–Crippen LogP) is 6.48. The number of halogens is 2. The van der Waals surface area contributed by atoms with Crippen molar-refractivity contribution in [2.45, 2.75) is 20.5 Å². The molecule has 0 unspecified atom stereocenters. The van der Waals surface area contributed by atoms with Crippen LogP contribution >= 0.6 is 11.6 Å². The molecule has 0 saturated carbocycles. The van der Waals surface area contributed by atoms with Crippen molar-refractivity contribution in [1.82, 2.24) is 4.57 Å². The molecule has 0 radical (unpaired) electrons. The number of carbonyl (C=O) groups is 2. The van der Waals surface area contributed by atoms with Crippen LogP contribution in [0, 0.1) is 12.7 Å². The highest BCUT2D eigenvalue weighted by atomic mass is 35.5. The fraction of sp³-hybridized carbons (Fsp3) is 0.111. The molecule has 1 aromatic heterocycles. The molecule has 3 aromatic carbocycles. The van der Waals surface area contributed by atoms with Crippen molar-refractivity contribution in [2.24, 2.45) is 0 Å². The quantitative estimate of drug-likeness (QED) is 0.309. The number of carbonyl (C=O) groups excluding carboxylic acids is 1. The third-order valence-corrected chi connectivity index (χ3v) is 5.58. The molecule has 2 N–H and O–H groups in total. The van der Waals surface area contributed by atoms with E-state index in [0.29, 0.717) is 27.7 Å². The van der Waals surface area contributed by atoms with Gasteiger partial charge >= 0.3 is 5.97 Å². The number of aromatic carboxylic acids is 1. The molecular formula is C27H22ClFN2O4. The molecule has 178 valence electrons. The third-order valence-electron chi connectivity index (χ3n) is 5.34. The number of ether oxygens (including phenoxy) is 1. The van der Waals surface area contributed by atoms with Gasteiger partial charge in [-0.3, -0.25) is 4.79 Å². The Morgan fingerprint density at radius 2 is 1.77 bits per heavy atom. The van der Waals surface area contributed by atoms with E-state index in [9.17, 15) is 19.1 Å². The van der Waals surface area contributed by atoms with E-state index in [0.717, 1.165) is 17.0 Å². The van der Waals surface area contributed by atoms with Gasteiger partial charge in [-0.25, -0.2) is 9.18 Å². The van der Waals surface area contributed by atoms with Gasteiger partial charge < -0.3 is 19.7 Å². The van der Waals surface area contributed by atoms with Crippen LogP contribution in [-0.2, 0) is 11.4 Å². The van der Waals surface area contributed by atoms with Crippen LogP contribution in [0.3, 0.4) is 0 Å². The number of hydrogen-bond acceptors (Lipinski definition) is 3. The molecule has 6 nitrogen and oxygen atoms in total. The van der Waals surface area contributed by atoms with E-state index in [1.807, 2.05) is 23.6 Å². The van der Waals surface area contributed by atoms with Crippen LogP contribution in [0.4, 0.5) is 10.1 Å². The Bertz CT molecular complexity index is 1410. The van der Waals surface area contributed by atoms with Gasteiger partial charge in [-0.2, -0.15) is 0 Å². The molecule has 0 fully saturated rings. The fourth-order valence-corrected chi connectivity index (χ4v) is 3.97.